The van der Waals surface area contributed by atoms with Gasteiger partial charge < -0.3 is 19.7 Å². The van der Waals surface area contributed by atoms with Crippen LogP contribution in [0.15, 0.2) is 42.5 Å². The minimum atomic E-state index is -0.750. The number of ether oxygens (including phenoxy) is 2. The maximum absolute atomic E-state index is 13.4. The third-order valence-electron chi connectivity index (χ3n) is 4.50. The Kier molecular flexibility index (Phi) is 6.47. The predicted molar refractivity (Wildman–Crippen MR) is 104 cm³/mol. The fourth-order valence-electron chi connectivity index (χ4n) is 3.03. The van der Waals surface area contributed by atoms with E-state index in [2.05, 4.69) is 10.2 Å². The lowest BCUT2D eigenvalue weighted by atomic mass is 10.1. The van der Waals surface area contributed by atoms with Gasteiger partial charge in [0, 0.05) is 24.5 Å². The smallest absolute Gasteiger partial charge is 0.344 e. The molecule has 1 fully saturated rings. The number of carbonyl (C=O) groups is 2. The zero-order valence-electron chi connectivity index (χ0n) is 15.7. The molecule has 7 heteroatoms. The molecular formula is C21H23FN2O4. The summed E-state index contributed by atoms with van der Waals surface area (Å²) in [4.78, 5) is 26.0. The van der Waals surface area contributed by atoms with E-state index in [4.69, 9.17) is 9.47 Å². The molecule has 1 amide bonds. The first kappa shape index (κ1) is 19.7. The van der Waals surface area contributed by atoms with Gasteiger partial charge in [-0.25, -0.2) is 9.18 Å². The first-order valence-electron chi connectivity index (χ1n) is 9.21. The lowest BCUT2D eigenvalue weighted by molar-refractivity contribution is -0.149. The van der Waals surface area contributed by atoms with Crippen LogP contribution in [0.5, 0.6) is 5.75 Å². The molecular weight excluding hydrogens is 363 g/mol. The molecule has 2 aromatic rings. The number of nitrogens with one attached hydrogen (secondary N) is 1. The van der Waals surface area contributed by atoms with Gasteiger partial charge in [-0.15, -0.1) is 0 Å². The summed E-state index contributed by atoms with van der Waals surface area (Å²) in [6, 6.07) is 11.6. The number of para-hydroxylation sites is 1. The van der Waals surface area contributed by atoms with Crippen molar-refractivity contribution in [1.29, 1.82) is 0 Å². The summed E-state index contributed by atoms with van der Waals surface area (Å²) in [5, 5.41) is 2.73. The van der Waals surface area contributed by atoms with Crippen molar-refractivity contribution in [3.63, 3.8) is 0 Å². The number of halogens is 1. The molecule has 28 heavy (non-hydrogen) atoms. The highest BCUT2D eigenvalue weighted by Crippen LogP contribution is 2.25. The Morgan fingerprint density at radius 3 is 2.57 bits per heavy atom. The summed E-state index contributed by atoms with van der Waals surface area (Å²) in [5.41, 5.74) is 2.75. The van der Waals surface area contributed by atoms with Gasteiger partial charge in [-0.05, 0) is 55.7 Å². The monoisotopic (exact) mass is 386 g/mol. The highest BCUT2D eigenvalue weighted by molar-refractivity contribution is 5.93. The second-order valence-corrected chi connectivity index (χ2v) is 6.62. The van der Waals surface area contributed by atoms with Gasteiger partial charge >= 0.3 is 5.97 Å². The van der Waals surface area contributed by atoms with Crippen molar-refractivity contribution in [3.8, 4) is 5.75 Å². The Balaban J connectivity index is 1.45. The predicted octanol–water partition coefficient (Wildman–Crippen LogP) is 3.30. The van der Waals surface area contributed by atoms with Crippen LogP contribution in [0.2, 0.25) is 0 Å². The molecule has 1 heterocycles. The topological polar surface area (TPSA) is 67.9 Å². The molecule has 3 rings (SSSR count). The van der Waals surface area contributed by atoms with E-state index in [1.807, 2.05) is 25.1 Å². The summed E-state index contributed by atoms with van der Waals surface area (Å²) in [6.45, 7) is 3.11. The number of rotatable bonds is 7. The van der Waals surface area contributed by atoms with Crippen molar-refractivity contribution in [2.24, 2.45) is 0 Å². The van der Waals surface area contributed by atoms with Crippen LogP contribution in [-0.4, -0.2) is 38.2 Å². The maximum atomic E-state index is 13.4. The Bertz CT molecular complexity index is 850. The van der Waals surface area contributed by atoms with Crippen LogP contribution in [-0.2, 0) is 14.3 Å². The number of esters is 1. The zero-order chi connectivity index (χ0) is 19.9. The standard InChI is InChI=1S/C21H23FN2O4/c1-15-12-16(24-10-4-5-11-24)8-9-18(15)23-20(25)13-28-21(26)14-27-19-7-3-2-6-17(19)22/h2-3,6-9,12H,4-5,10-11,13-14H2,1H3,(H,23,25). The van der Waals surface area contributed by atoms with Crippen LogP contribution < -0.4 is 15.0 Å². The van der Waals surface area contributed by atoms with E-state index in [0.29, 0.717) is 5.69 Å². The Morgan fingerprint density at radius 1 is 1.11 bits per heavy atom. The molecule has 2 aromatic carbocycles. The third-order valence-corrected chi connectivity index (χ3v) is 4.50. The summed E-state index contributed by atoms with van der Waals surface area (Å²) in [7, 11) is 0. The van der Waals surface area contributed by atoms with E-state index in [1.165, 1.54) is 31.0 Å². The van der Waals surface area contributed by atoms with Crippen molar-refractivity contribution < 1.29 is 23.5 Å². The fourth-order valence-corrected chi connectivity index (χ4v) is 3.03. The minimum absolute atomic E-state index is 0.0439. The quantitative estimate of drug-likeness (QED) is 0.740. The number of amides is 1. The molecule has 0 atom stereocenters. The van der Waals surface area contributed by atoms with Crippen molar-refractivity contribution in [2.75, 3.05) is 36.5 Å². The molecule has 0 saturated carbocycles. The molecule has 0 spiro atoms. The van der Waals surface area contributed by atoms with E-state index >= 15 is 0 Å². The number of nitrogens with zero attached hydrogens (tertiary/aromatic N) is 1. The highest BCUT2D eigenvalue weighted by atomic mass is 19.1. The van der Waals surface area contributed by atoms with Crippen LogP contribution in [0.1, 0.15) is 18.4 Å². The van der Waals surface area contributed by atoms with Gasteiger partial charge in [0.1, 0.15) is 0 Å². The van der Waals surface area contributed by atoms with Crippen molar-refractivity contribution in [2.45, 2.75) is 19.8 Å². The summed E-state index contributed by atoms with van der Waals surface area (Å²) >= 11 is 0. The average Bonchev–Trinajstić information content (AvgIpc) is 3.22. The van der Waals surface area contributed by atoms with Crippen LogP contribution in [0, 0.1) is 12.7 Å². The van der Waals surface area contributed by atoms with Crippen molar-refractivity contribution in [1.82, 2.24) is 0 Å². The molecule has 1 saturated heterocycles. The third kappa shape index (κ3) is 5.22. The number of anilines is 2. The summed E-state index contributed by atoms with van der Waals surface area (Å²) in [5.74, 6) is -1.81. The molecule has 0 bridgehead atoms. The van der Waals surface area contributed by atoms with Gasteiger partial charge in [-0.2, -0.15) is 0 Å². The molecule has 0 aromatic heterocycles. The van der Waals surface area contributed by atoms with Crippen LogP contribution in [0.25, 0.3) is 0 Å². The van der Waals surface area contributed by atoms with Gasteiger partial charge in [0.05, 0.1) is 0 Å². The molecule has 0 aliphatic carbocycles. The number of hydrogen-bond acceptors (Lipinski definition) is 5. The lowest BCUT2D eigenvalue weighted by Gasteiger charge is -2.19. The van der Waals surface area contributed by atoms with E-state index in [1.54, 1.807) is 6.07 Å². The van der Waals surface area contributed by atoms with E-state index in [-0.39, 0.29) is 5.75 Å². The van der Waals surface area contributed by atoms with Crippen molar-refractivity contribution >= 4 is 23.3 Å². The van der Waals surface area contributed by atoms with Crippen LogP contribution in [0.4, 0.5) is 15.8 Å². The maximum Gasteiger partial charge on any atom is 0.344 e. The lowest BCUT2D eigenvalue weighted by Crippen LogP contribution is -2.24. The minimum Gasteiger partial charge on any atom is -0.479 e. The second-order valence-electron chi connectivity index (χ2n) is 6.62. The SMILES string of the molecule is Cc1cc(N2CCCC2)ccc1NC(=O)COC(=O)COc1ccccc1F. The van der Waals surface area contributed by atoms with Gasteiger partial charge in [0.25, 0.3) is 5.91 Å². The molecule has 6 nitrogen and oxygen atoms in total. The van der Waals surface area contributed by atoms with Gasteiger partial charge in [-0.1, -0.05) is 12.1 Å². The summed E-state index contributed by atoms with van der Waals surface area (Å²) < 4.78 is 23.3. The fraction of sp³-hybridized carbons (Fsp3) is 0.333. The zero-order valence-corrected chi connectivity index (χ0v) is 15.7. The summed E-state index contributed by atoms with van der Waals surface area (Å²) in [6.07, 6.45) is 2.40. The van der Waals surface area contributed by atoms with Gasteiger partial charge in [0.15, 0.2) is 24.8 Å². The average molecular weight is 386 g/mol. The first-order valence-corrected chi connectivity index (χ1v) is 9.21. The number of carbonyl (C=O) groups excluding carboxylic acids is 2. The number of benzene rings is 2. The van der Waals surface area contributed by atoms with Gasteiger partial charge in [0.2, 0.25) is 0 Å². The Hall–Kier alpha value is -3.09. The van der Waals surface area contributed by atoms with Crippen LogP contribution >= 0.6 is 0 Å². The van der Waals surface area contributed by atoms with E-state index in [0.717, 1.165) is 24.3 Å². The highest BCUT2D eigenvalue weighted by Gasteiger charge is 2.14. The normalized spacial score (nSPS) is 13.3. The van der Waals surface area contributed by atoms with E-state index < -0.39 is 30.9 Å². The molecule has 0 unspecified atom stereocenters. The van der Waals surface area contributed by atoms with Crippen molar-refractivity contribution in [3.05, 3.63) is 53.8 Å². The molecule has 1 aliphatic heterocycles. The second kappa shape index (κ2) is 9.21. The largest absolute Gasteiger partial charge is 0.479 e. The first-order chi connectivity index (χ1) is 13.5. The molecule has 148 valence electrons. The molecule has 1 aliphatic rings. The van der Waals surface area contributed by atoms with Crippen LogP contribution in [0.3, 0.4) is 0 Å². The molecule has 0 radical (unpaired) electrons. The molecule has 1 N–H and O–H groups in total. The number of hydrogen-bond donors (Lipinski definition) is 1. The Labute approximate surface area is 163 Å². The van der Waals surface area contributed by atoms with Gasteiger partial charge in [-0.3, -0.25) is 4.79 Å². The Morgan fingerprint density at radius 2 is 1.86 bits per heavy atom. The number of aryl methyl sites for hydroxylation is 1. The van der Waals surface area contributed by atoms with E-state index in [9.17, 15) is 14.0 Å².